The van der Waals surface area contributed by atoms with E-state index in [1.807, 2.05) is 24.3 Å². The molecule has 0 saturated heterocycles. The Balaban J connectivity index is 2.13. The molecule has 0 aromatic heterocycles. The smallest absolute Gasteiger partial charge is 0.309 e. The van der Waals surface area contributed by atoms with Gasteiger partial charge in [-0.3, -0.25) is 4.79 Å². The summed E-state index contributed by atoms with van der Waals surface area (Å²) in [7, 11) is 1.35. The molecule has 0 bridgehead atoms. The van der Waals surface area contributed by atoms with Crippen molar-refractivity contribution in [3.8, 4) is 0 Å². The Labute approximate surface area is 127 Å². The van der Waals surface area contributed by atoms with Gasteiger partial charge >= 0.3 is 5.97 Å². The molecule has 0 saturated carbocycles. The number of anilines is 1. The summed E-state index contributed by atoms with van der Waals surface area (Å²) in [4.78, 5) is 11.4. The average molecular weight is 308 g/mol. The summed E-state index contributed by atoms with van der Waals surface area (Å²) in [6.45, 7) is 0.393. The van der Waals surface area contributed by atoms with Crippen LogP contribution >= 0.6 is 11.6 Å². The molecule has 110 valence electrons. The van der Waals surface area contributed by atoms with Crippen LogP contribution in [0.4, 0.5) is 10.1 Å². The van der Waals surface area contributed by atoms with Crippen LogP contribution in [0.15, 0.2) is 42.5 Å². The third-order valence-electron chi connectivity index (χ3n) is 3.08. The van der Waals surface area contributed by atoms with Gasteiger partial charge in [0.05, 0.1) is 19.2 Å². The van der Waals surface area contributed by atoms with Gasteiger partial charge in [-0.05, 0) is 29.3 Å². The molecule has 3 nitrogen and oxygen atoms in total. The van der Waals surface area contributed by atoms with Crippen LogP contribution in [-0.2, 0) is 22.5 Å². The Bertz CT molecular complexity index is 646. The molecule has 0 aliphatic rings. The lowest BCUT2D eigenvalue weighted by Crippen LogP contribution is -2.09. The van der Waals surface area contributed by atoms with Crippen molar-refractivity contribution in [1.29, 1.82) is 0 Å². The summed E-state index contributed by atoms with van der Waals surface area (Å²) in [6, 6.07) is 11.8. The zero-order chi connectivity index (χ0) is 15.2. The van der Waals surface area contributed by atoms with Crippen molar-refractivity contribution >= 4 is 23.3 Å². The first-order chi connectivity index (χ1) is 10.1. The zero-order valence-corrected chi connectivity index (χ0v) is 12.3. The van der Waals surface area contributed by atoms with Gasteiger partial charge in [0.15, 0.2) is 0 Å². The highest BCUT2D eigenvalue weighted by molar-refractivity contribution is 6.30. The lowest BCUT2D eigenvalue weighted by Gasteiger charge is -2.11. The van der Waals surface area contributed by atoms with E-state index in [9.17, 15) is 9.18 Å². The maximum atomic E-state index is 13.6. The fourth-order valence-corrected chi connectivity index (χ4v) is 2.13. The molecular formula is C16H15ClFNO2. The van der Waals surface area contributed by atoms with Gasteiger partial charge in [0, 0.05) is 11.6 Å². The highest BCUT2D eigenvalue weighted by Gasteiger charge is 2.09. The number of carbonyl (C=O) groups excluding carboxylic acids is 1. The van der Waals surface area contributed by atoms with Crippen LogP contribution in [0.1, 0.15) is 11.1 Å². The van der Waals surface area contributed by atoms with Gasteiger partial charge in [0.1, 0.15) is 5.82 Å². The summed E-state index contributed by atoms with van der Waals surface area (Å²) in [5, 5.41) is 3.45. The monoisotopic (exact) mass is 307 g/mol. The lowest BCUT2D eigenvalue weighted by molar-refractivity contribution is -0.139. The highest BCUT2D eigenvalue weighted by atomic mass is 35.5. The van der Waals surface area contributed by atoms with E-state index >= 15 is 0 Å². The number of rotatable bonds is 5. The summed E-state index contributed by atoms with van der Waals surface area (Å²) >= 11 is 5.85. The van der Waals surface area contributed by atoms with Crippen molar-refractivity contribution in [1.82, 2.24) is 0 Å². The van der Waals surface area contributed by atoms with Crippen molar-refractivity contribution in [2.75, 3.05) is 12.4 Å². The zero-order valence-electron chi connectivity index (χ0n) is 11.5. The molecule has 5 heteroatoms. The molecule has 0 unspecified atom stereocenters. The van der Waals surface area contributed by atoms with Crippen LogP contribution in [0.2, 0.25) is 5.02 Å². The summed E-state index contributed by atoms with van der Waals surface area (Å²) in [5.74, 6) is -0.679. The van der Waals surface area contributed by atoms with Gasteiger partial charge in [0.2, 0.25) is 0 Å². The topological polar surface area (TPSA) is 38.3 Å². The Morgan fingerprint density at radius 2 is 1.95 bits per heavy atom. The minimum atomic E-state index is -0.371. The number of nitrogens with one attached hydrogen (secondary N) is 1. The molecule has 0 amide bonds. The third-order valence-corrected chi connectivity index (χ3v) is 3.31. The van der Waals surface area contributed by atoms with Crippen LogP contribution in [0.3, 0.4) is 0 Å². The van der Waals surface area contributed by atoms with E-state index in [1.54, 1.807) is 0 Å². The number of halogens is 2. The van der Waals surface area contributed by atoms with Gasteiger partial charge in [-0.25, -0.2) is 4.39 Å². The van der Waals surface area contributed by atoms with E-state index in [1.165, 1.54) is 25.3 Å². The van der Waals surface area contributed by atoms with Gasteiger partial charge < -0.3 is 10.1 Å². The molecule has 0 spiro atoms. The van der Waals surface area contributed by atoms with Crippen molar-refractivity contribution in [3.63, 3.8) is 0 Å². The normalized spacial score (nSPS) is 10.2. The predicted molar refractivity (Wildman–Crippen MR) is 80.9 cm³/mol. The van der Waals surface area contributed by atoms with Crippen LogP contribution in [0.25, 0.3) is 0 Å². The lowest BCUT2D eigenvalue weighted by atomic mass is 10.0. The van der Waals surface area contributed by atoms with E-state index < -0.39 is 0 Å². The Morgan fingerprint density at radius 3 is 2.67 bits per heavy atom. The van der Waals surface area contributed by atoms with Gasteiger partial charge in [0.25, 0.3) is 0 Å². The largest absolute Gasteiger partial charge is 0.469 e. The molecule has 1 N–H and O–H groups in total. The summed E-state index contributed by atoms with van der Waals surface area (Å²) in [5.41, 5.74) is 2.08. The van der Waals surface area contributed by atoms with Crippen molar-refractivity contribution in [2.24, 2.45) is 0 Å². The number of methoxy groups -OCH3 is 1. The minimum absolute atomic E-state index is 0.187. The van der Waals surface area contributed by atoms with Crippen molar-refractivity contribution in [2.45, 2.75) is 13.0 Å². The molecule has 0 fully saturated rings. The van der Waals surface area contributed by atoms with Crippen LogP contribution in [0.5, 0.6) is 0 Å². The second-order valence-electron chi connectivity index (χ2n) is 4.50. The quantitative estimate of drug-likeness (QED) is 0.854. The minimum Gasteiger partial charge on any atom is -0.469 e. The van der Waals surface area contributed by atoms with Crippen LogP contribution in [0, 0.1) is 5.82 Å². The molecular weight excluding hydrogens is 293 g/mol. The molecule has 2 rings (SSSR count). The Hall–Kier alpha value is -2.07. The molecule has 2 aromatic rings. The summed E-state index contributed by atoms with van der Waals surface area (Å²) in [6.07, 6.45) is 0.187. The molecule has 0 radical (unpaired) electrons. The second kappa shape index (κ2) is 7.09. The van der Waals surface area contributed by atoms with E-state index in [-0.39, 0.29) is 18.2 Å². The number of hydrogen-bond donors (Lipinski definition) is 1. The summed E-state index contributed by atoms with van der Waals surface area (Å²) < 4.78 is 18.3. The fourth-order valence-electron chi connectivity index (χ4n) is 1.95. The fraction of sp³-hybridized carbons (Fsp3) is 0.188. The van der Waals surface area contributed by atoms with Gasteiger partial charge in [-0.2, -0.15) is 0 Å². The molecule has 0 heterocycles. The number of benzene rings is 2. The third kappa shape index (κ3) is 4.20. The maximum absolute atomic E-state index is 13.6. The molecule has 0 atom stereocenters. The van der Waals surface area contributed by atoms with Crippen LogP contribution in [-0.4, -0.2) is 13.1 Å². The van der Waals surface area contributed by atoms with E-state index in [4.69, 9.17) is 11.6 Å². The maximum Gasteiger partial charge on any atom is 0.309 e. The Kier molecular flexibility index (Phi) is 5.17. The Morgan fingerprint density at radius 1 is 1.24 bits per heavy atom. The predicted octanol–water partition coefficient (Wildman–Crippen LogP) is 3.81. The average Bonchev–Trinajstić information content (AvgIpc) is 2.49. The second-order valence-corrected chi connectivity index (χ2v) is 4.94. The first-order valence-electron chi connectivity index (χ1n) is 6.42. The number of hydrogen-bond acceptors (Lipinski definition) is 3. The van der Waals surface area contributed by atoms with Crippen molar-refractivity contribution < 1.29 is 13.9 Å². The van der Waals surface area contributed by atoms with Crippen LogP contribution < -0.4 is 5.32 Å². The molecule has 2 aromatic carbocycles. The first kappa shape index (κ1) is 15.3. The van der Waals surface area contributed by atoms with E-state index in [0.717, 1.165) is 11.1 Å². The molecule has 0 aliphatic carbocycles. The molecule has 0 aliphatic heterocycles. The SMILES string of the molecule is COC(=O)Cc1ccccc1CNc1cc(Cl)ccc1F. The first-order valence-corrected chi connectivity index (χ1v) is 6.80. The number of esters is 1. The number of carbonyl (C=O) groups is 1. The van der Waals surface area contributed by atoms with Gasteiger partial charge in [-0.15, -0.1) is 0 Å². The number of ether oxygens (including phenoxy) is 1. The highest BCUT2D eigenvalue weighted by Crippen LogP contribution is 2.21. The van der Waals surface area contributed by atoms with E-state index in [0.29, 0.717) is 17.3 Å². The molecule has 21 heavy (non-hydrogen) atoms. The van der Waals surface area contributed by atoms with Gasteiger partial charge in [-0.1, -0.05) is 35.9 Å². The van der Waals surface area contributed by atoms with E-state index in [2.05, 4.69) is 10.1 Å². The standard InChI is InChI=1S/C16H15ClFNO2/c1-21-16(20)8-11-4-2-3-5-12(11)10-19-15-9-13(17)6-7-14(15)18/h2-7,9,19H,8,10H2,1H3. The van der Waals surface area contributed by atoms with Crippen molar-refractivity contribution in [3.05, 3.63) is 64.4 Å².